The molecule has 0 aromatic heterocycles. The summed E-state index contributed by atoms with van der Waals surface area (Å²) >= 11 is 0. The first-order valence-electron chi connectivity index (χ1n) is 6.55. The van der Waals surface area contributed by atoms with Gasteiger partial charge in [0.2, 0.25) is 0 Å². The molecule has 0 heterocycles. The zero-order valence-electron chi connectivity index (χ0n) is 11.4. The van der Waals surface area contributed by atoms with Crippen LogP contribution in [0.5, 0.6) is 0 Å². The molecule has 2 aromatic carbocycles. The van der Waals surface area contributed by atoms with Crippen LogP contribution >= 0.6 is 7.82 Å². The van der Waals surface area contributed by atoms with Crippen molar-refractivity contribution >= 4 is 7.82 Å². The maximum absolute atomic E-state index is 11.5. The van der Waals surface area contributed by atoms with Gasteiger partial charge in [0.1, 0.15) is 5.60 Å². The summed E-state index contributed by atoms with van der Waals surface area (Å²) in [6.07, 6.45) is 0.256. The van der Waals surface area contributed by atoms with Crippen LogP contribution in [0.2, 0.25) is 0 Å². The van der Waals surface area contributed by atoms with Crippen LogP contribution in [-0.2, 0) is 14.7 Å². The van der Waals surface area contributed by atoms with Crippen LogP contribution in [0.15, 0.2) is 60.7 Å². The number of hydrogen-bond acceptors (Lipinski definition) is 3. The summed E-state index contributed by atoms with van der Waals surface area (Å²) in [5, 5.41) is 0. The van der Waals surface area contributed by atoms with Crippen LogP contribution in [-0.4, -0.2) is 16.3 Å². The second-order valence-electron chi connectivity index (χ2n) is 4.68. The van der Waals surface area contributed by atoms with Gasteiger partial charge in [0.15, 0.2) is 0 Å². The van der Waals surface area contributed by atoms with E-state index in [0.29, 0.717) is 11.1 Å². The van der Waals surface area contributed by atoms with Gasteiger partial charge < -0.3 is 15.5 Å². The molecular weight excluding hydrogens is 289 g/mol. The molecule has 0 unspecified atom stereocenters. The van der Waals surface area contributed by atoms with Crippen molar-refractivity contribution in [3.63, 3.8) is 0 Å². The molecule has 5 nitrogen and oxygen atoms in total. The normalized spacial score (nSPS) is 12.3. The molecule has 2 rings (SSSR count). The highest BCUT2D eigenvalue weighted by atomic mass is 31.2. The van der Waals surface area contributed by atoms with E-state index in [4.69, 9.17) is 10.3 Å². The minimum Gasteiger partial charge on any atom is -0.330 e. The molecular formula is C15H18NO4P. The van der Waals surface area contributed by atoms with Crippen molar-refractivity contribution in [2.45, 2.75) is 12.0 Å². The van der Waals surface area contributed by atoms with Gasteiger partial charge in [-0.2, -0.15) is 0 Å². The largest absolute Gasteiger partial charge is 0.470 e. The highest BCUT2D eigenvalue weighted by Gasteiger charge is 2.40. The van der Waals surface area contributed by atoms with Gasteiger partial charge >= 0.3 is 7.82 Å². The van der Waals surface area contributed by atoms with Gasteiger partial charge in [-0.05, 0) is 24.1 Å². The van der Waals surface area contributed by atoms with E-state index in [1.807, 2.05) is 12.1 Å². The highest BCUT2D eigenvalue weighted by Crippen LogP contribution is 2.50. The Balaban J connectivity index is 2.63. The minimum absolute atomic E-state index is 0.226. The molecule has 0 spiro atoms. The first-order valence-corrected chi connectivity index (χ1v) is 8.08. The second-order valence-corrected chi connectivity index (χ2v) is 5.84. The third-order valence-electron chi connectivity index (χ3n) is 3.25. The molecule has 112 valence electrons. The Bertz CT molecular complexity index is 573. The van der Waals surface area contributed by atoms with E-state index in [2.05, 4.69) is 0 Å². The number of phosphoric ester groups is 1. The molecule has 0 aliphatic rings. The van der Waals surface area contributed by atoms with E-state index < -0.39 is 13.4 Å². The van der Waals surface area contributed by atoms with Gasteiger partial charge in [0.05, 0.1) is 0 Å². The van der Waals surface area contributed by atoms with E-state index in [1.54, 1.807) is 48.5 Å². The summed E-state index contributed by atoms with van der Waals surface area (Å²) in [6, 6.07) is 18.0. The molecule has 6 heteroatoms. The fourth-order valence-corrected chi connectivity index (χ4v) is 3.14. The Hall–Kier alpha value is -1.49. The fraction of sp³-hybridized carbons (Fsp3) is 0.200. The van der Waals surface area contributed by atoms with Crippen LogP contribution in [0.1, 0.15) is 17.5 Å². The van der Waals surface area contributed by atoms with Crippen molar-refractivity contribution in [1.29, 1.82) is 0 Å². The number of hydrogen-bond donors (Lipinski definition) is 3. The predicted molar refractivity (Wildman–Crippen MR) is 80.5 cm³/mol. The van der Waals surface area contributed by atoms with Crippen molar-refractivity contribution in [3.05, 3.63) is 71.8 Å². The number of nitrogens with two attached hydrogens (primary N) is 1. The molecule has 0 atom stereocenters. The summed E-state index contributed by atoms with van der Waals surface area (Å²) < 4.78 is 16.7. The van der Waals surface area contributed by atoms with Crippen LogP contribution in [0.4, 0.5) is 0 Å². The Kier molecular flexibility index (Phi) is 4.93. The molecule has 0 fully saturated rings. The average Bonchev–Trinajstić information content (AvgIpc) is 2.47. The van der Waals surface area contributed by atoms with Gasteiger partial charge in [-0.15, -0.1) is 0 Å². The Morgan fingerprint density at radius 3 is 1.71 bits per heavy atom. The monoisotopic (exact) mass is 307 g/mol. The zero-order chi connectivity index (χ0) is 15.3. The fourth-order valence-electron chi connectivity index (χ4n) is 2.43. The minimum atomic E-state index is -4.70. The van der Waals surface area contributed by atoms with Gasteiger partial charge in [-0.25, -0.2) is 4.57 Å². The molecule has 2 aromatic rings. The molecule has 0 bridgehead atoms. The zero-order valence-corrected chi connectivity index (χ0v) is 12.3. The van der Waals surface area contributed by atoms with E-state index >= 15 is 0 Å². The van der Waals surface area contributed by atoms with Crippen LogP contribution in [0, 0.1) is 0 Å². The van der Waals surface area contributed by atoms with E-state index in [9.17, 15) is 14.4 Å². The van der Waals surface area contributed by atoms with Gasteiger partial charge in [-0.1, -0.05) is 60.7 Å². The van der Waals surface area contributed by atoms with E-state index in [0.717, 1.165) is 0 Å². The Morgan fingerprint density at radius 1 is 0.952 bits per heavy atom. The third-order valence-corrected chi connectivity index (χ3v) is 3.80. The Morgan fingerprint density at radius 2 is 1.38 bits per heavy atom. The second kappa shape index (κ2) is 6.52. The lowest BCUT2D eigenvalue weighted by atomic mass is 9.83. The SMILES string of the molecule is NCCC(OP(=O)(O)O)(c1ccccc1)c1ccccc1. The average molecular weight is 307 g/mol. The van der Waals surface area contributed by atoms with Gasteiger partial charge in [0.25, 0.3) is 0 Å². The van der Waals surface area contributed by atoms with Crippen molar-refractivity contribution in [3.8, 4) is 0 Å². The highest BCUT2D eigenvalue weighted by molar-refractivity contribution is 7.46. The summed E-state index contributed by atoms with van der Waals surface area (Å²) in [6.45, 7) is 0.226. The summed E-state index contributed by atoms with van der Waals surface area (Å²) in [5.74, 6) is 0. The Labute approximate surface area is 123 Å². The van der Waals surface area contributed by atoms with Crippen molar-refractivity contribution in [2.75, 3.05) is 6.54 Å². The lowest BCUT2D eigenvalue weighted by molar-refractivity contribution is 0.0596. The van der Waals surface area contributed by atoms with E-state index in [1.165, 1.54) is 0 Å². The summed E-state index contributed by atoms with van der Waals surface area (Å²) in [4.78, 5) is 18.7. The molecule has 0 aliphatic carbocycles. The maximum atomic E-state index is 11.5. The molecule has 0 saturated carbocycles. The number of benzene rings is 2. The van der Waals surface area contributed by atoms with Crippen LogP contribution in [0.3, 0.4) is 0 Å². The summed E-state index contributed by atoms with van der Waals surface area (Å²) in [7, 11) is -4.70. The van der Waals surface area contributed by atoms with Crippen LogP contribution < -0.4 is 5.73 Å². The molecule has 21 heavy (non-hydrogen) atoms. The molecule has 0 amide bonds. The van der Waals surface area contributed by atoms with Gasteiger partial charge in [-0.3, -0.25) is 4.52 Å². The van der Waals surface area contributed by atoms with Crippen molar-refractivity contribution in [2.24, 2.45) is 5.73 Å². The smallest absolute Gasteiger partial charge is 0.330 e. The number of phosphoric acid groups is 1. The first-order chi connectivity index (χ1) is 9.98. The molecule has 4 N–H and O–H groups in total. The molecule has 0 aliphatic heterocycles. The molecule has 0 radical (unpaired) electrons. The molecule has 0 saturated heterocycles. The lowest BCUT2D eigenvalue weighted by Crippen LogP contribution is -2.33. The van der Waals surface area contributed by atoms with Crippen LogP contribution in [0.25, 0.3) is 0 Å². The van der Waals surface area contributed by atoms with E-state index in [-0.39, 0.29) is 13.0 Å². The van der Waals surface area contributed by atoms with Crippen molar-refractivity contribution < 1.29 is 18.9 Å². The van der Waals surface area contributed by atoms with Crippen molar-refractivity contribution in [1.82, 2.24) is 0 Å². The maximum Gasteiger partial charge on any atom is 0.470 e. The topological polar surface area (TPSA) is 92.8 Å². The lowest BCUT2D eigenvalue weighted by Gasteiger charge is -2.34. The first kappa shape index (κ1) is 15.9. The van der Waals surface area contributed by atoms with Gasteiger partial charge in [0, 0.05) is 0 Å². The standard InChI is InChI=1S/C15H18NO4P/c16-12-11-15(20-21(17,18)19,13-7-3-1-4-8-13)14-9-5-2-6-10-14/h1-10H,11-12,16H2,(H2,17,18,19). The quantitative estimate of drug-likeness (QED) is 0.713. The number of rotatable bonds is 6. The third kappa shape index (κ3) is 3.79. The summed E-state index contributed by atoms with van der Waals surface area (Å²) in [5.41, 5.74) is 5.72. The predicted octanol–water partition coefficient (Wildman–Crippen LogP) is 2.39.